The Morgan fingerprint density at radius 3 is 2.56 bits per heavy atom. The van der Waals surface area contributed by atoms with E-state index in [-0.39, 0.29) is 0 Å². The molecule has 1 aromatic carbocycles. The lowest BCUT2D eigenvalue weighted by molar-refractivity contribution is 0.0479. The molecule has 2 unspecified atom stereocenters. The molecule has 3 rings (SSSR count). The largest absolute Gasteiger partial charge is 0.381 e. The first-order valence-corrected chi connectivity index (χ1v) is 7.23. The van der Waals surface area contributed by atoms with Crippen LogP contribution in [0.15, 0.2) is 30.3 Å². The summed E-state index contributed by atoms with van der Waals surface area (Å²) in [7, 11) is 0. The van der Waals surface area contributed by atoms with Crippen molar-refractivity contribution in [3.05, 3.63) is 35.9 Å². The molecule has 97 valence electrons. The number of hydrogen-bond acceptors (Lipinski definition) is 1. The smallest absolute Gasteiger partial charge is 0.0469 e. The molecule has 0 saturated carbocycles. The van der Waals surface area contributed by atoms with Crippen molar-refractivity contribution < 1.29 is 4.74 Å². The van der Waals surface area contributed by atoms with Gasteiger partial charge in [0.2, 0.25) is 0 Å². The second-order valence-corrected chi connectivity index (χ2v) is 5.56. The van der Waals surface area contributed by atoms with Gasteiger partial charge in [0.05, 0.1) is 0 Å². The zero-order valence-electron chi connectivity index (χ0n) is 10.9. The molecule has 0 bridgehead atoms. The average molecular weight is 244 g/mol. The van der Waals surface area contributed by atoms with Crippen LogP contribution in [0, 0.1) is 5.92 Å². The summed E-state index contributed by atoms with van der Waals surface area (Å²) < 4.78 is 5.46. The molecule has 1 radical (unpaired) electrons. The number of ether oxygens (including phenoxy) is 1. The third-order valence-corrected chi connectivity index (χ3v) is 4.45. The second-order valence-electron chi connectivity index (χ2n) is 5.56. The second kappa shape index (κ2) is 5.85. The van der Waals surface area contributed by atoms with Gasteiger partial charge in [0.15, 0.2) is 0 Å². The molecule has 0 aliphatic carbocycles. The van der Waals surface area contributed by atoms with E-state index in [9.17, 15) is 0 Å². The predicted octanol–water partition coefficient (Wildman–Crippen LogP) is 2.96. The fraction of sp³-hybridized carbons (Fsp3) is 0.625. The van der Waals surface area contributed by atoms with Crippen LogP contribution in [0.3, 0.4) is 0 Å². The Morgan fingerprint density at radius 2 is 1.78 bits per heavy atom. The first kappa shape index (κ1) is 12.2. The molecule has 2 fully saturated rings. The maximum Gasteiger partial charge on any atom is 0.0469 e. The fourth-order valence-electron chi connectivity index (χ4n) is 3.35. The third kappa shape index (κ3) is 2.76. The zero-order chi connectivity index (χ0) is 12.2. The molecule has 2 aliphatic rings. The van der Waals surface area contributed by atoms with Gasteiger partial charge in [-0.05, 0) is 43.1 Å². The third-order valence-electron chi connectivity index (χ3n) is 4.45. The van der Waals surface area contributed by atoms with Crippen molar-refractivity contribution in [2.75, 3.05) is 19.8 Å². The predicted molar refractivity (Wildman–Crippen MR) is 72.7 cm³/mol. The van der Waals surface area contributed by atoms with Gasteiger partial charge in [-0.25, -0.2) is 5.32 Å². The van der Waals surface area contributed by atoms with E-state index in [1.807, 2.05) is 0 Å². The minimum absolute atomic E-state index is 0.577. The topological polar surface area (TPSA) is 23.3 Å². The molecule has 2 heteroatoms. The number of nitrogens with zero attached hydrogens (tertiary/aromatic N) is 1. The highest BCUT2D eigenvalue weighted by atomic mass is 16.5. The van der Waals surface area contributed by atoms with E-state index in [1.165, 1.54) is 31.2 Å². The quantitative estimate of drug-likeness (QED) is 0.784. The highest BCUT2D eigenvalue weighted by Crippen LogP contribution is 2.33. The Kier molecular flexibility index (Phi) is 3.96. The normalized spacial score (nSPS) is 30.2. The molecule has 2 nitrogen and oxygen atoms in total. The Morgan fingerprint density at radius 1 is 1.00 bits per heavy atom. The molecule has 0 amide bonds. The van der Waals surface area contributed by atoms with Gasteiger partial charge < -0.3 is 4.74 Å². The van der Waals surface area contributed by atoms with Gasteiger partial charge >= 0.3 is 0 Å². The van der Waals surface area contributed by atoms with Gasteiger partial charge in [-0.3, -0.25) is 0 Å². The van der Waals surface area contributed by atoms with Crippen molar-refractivity contribution in [1.82, 2.24) is 5.32 Å². The molecule has 1 aromatic rings. The highest BCUT2D eigenvalue weighted by molar-refractivity contribution is 5.20. The Hall–Kier alpha value is -0.860. The lowest BCUT2D eigenvalue weighted by Crippen LogP contribution is -2.40. The first-order valence-electron chi connectivity index (χ1n) is 7.23. The summed E-state index contributed by atoms with van der Waals surface area (Å²) in [4.78, 5) is 0. The minimum Gasteiger partial charge on any atom is -0.381 e. The summed E-state index contributed by atoms with van der Waals surface area (Å²) in [6.45, 7) is 2.92. The van der Waals surface area contributed by atoms with Crippen LogP contribution in [-0.2, 0) is 4.74 Å². The summed E-state index contributed by atoms with van der Waals surface area (Å²) in [6.07, 6.45) is 4.88. The Labute approximate surface area is 110 Å². The van der Waals surface area contributed by atoms with E-state index in [2.05, 4.69) is 30.3 Å². The zero-order valence-corrected chi connectivity index (χ0v) is 10.9. The van der Waals surface area contributed by atoms with Crippen LogP contribution in [0.1, 0.15) is 37.2 Å². The Bertz CT molecular complexity index is 359. The standard InChI is InChI=1S/C16H22NO/c1-2-4-13(5-3-1)15-6-9-17-16(12-15)14-7-10-18-11-8-14/h1-5,14-16H,6-12H2. The molecule has 0 aromatic heterocycles. The van der Waals surface area contributed by atoms with Crippen LogP contribution in [0.4, 0.5) is 0 Å². The molecular weight excluding hydrogens is 222 g/mol. The number of hydrogen-bond donors (Lipinski definition) is 0. The molecule has 18 heavy (non-hydrogen) atoms. The minimum atomic E-state index is 0.577. The Balaban J connectivity index is 1.64. The van der Waals surface area contributed by atoms with E-state index in [0.29, 0.717) is 6.04 Å². The lowest BCUT2D eigenvalue weighted by atomic mass is 9.79. The SMILES string of the molecule is c1ccc(C2CC[N]C(C3CCOCC3)C2)cc1. The van der Waals surface area contributed by atoms with Crippen LogP contribution in [0.5, 0.6) is 0 Å². The van der Waals surface area contributed by atoms with Crippen molar-refractivity contribution in [2.24, 2.45) is 5.92 Å². The molecule has 2 atom stereocenters. The van der Waals surface area contributed by atoms with Gasteiger partial charge in [-0.15, -0.1) is 0 Å². The van der Waals surface area contributed by atoms with E-state index in [1.54, 1.807) is 0 Å². The van der Waals surface area contributed by atoms with Crippen molar-refractivity contribution in [1.29, 1.82) is 0 Å². The van der Waals surface area contributed by atoms with Gasteiger partial charge in [-0.1, -0.05) is 30.3 Å². The summed E-state index contributed by atoms with van der Waals surface area (Å²) in [6, 6.07) is 11.5. The number of rotatable bonds is 2. The van der Waals surface area contributed by atoms with E-state index < -0.39 is 0 Å². The maximum atomic E-state index is 5.46. The molecule has 2 aliphatic heterocycles. The van der Waals surface area contributed by atoms with Gasteiger partial charge in [0.25, 0.3) is 0 Å². The average Bonchev–Trinajstić information content (AvgIpc) is 2.49. The van der Waals surface area contributed by atoms with Crippen LogP contribution < -0.4 is 5.32 Å². The first-order chi connectivity index (χ1) is 8.93. The summed E-state index contributed by atoms with van der Waals surface area (Å²) in [5, 5.41) is 4.87. The van der Waals surface area contributed by atoms with Crippen molar-refractivity contribution in [2.45, 2.75) is 37.6 Å². The van der Waals surface area contributed by atoms with Crippen molar-refractivity contribution >= 4 is 0 Å². The highest BCUT2D eigenvalue weighted by Gasteiger charge is 2.30. The molecular formula is C16H22NO. The van der Waals surface area contributed by atoms with E-state index in [0.717, 1.165) is 31.6 Å². The lowest BCUT2D eigenvalue weighted by Gasteiger charge is -2.36. The summed E-state index contributed by atoms with van der Waals surface area (Å²) in [5.41, 5.74) is 1.50. The van der Waals surface area contributed by atoms with Gasteiger partial charge in [0, 0.05) is 25.8 Å². The monoisotopic (exact) mass is 244 g/mol. The molecule has 2 saturated heterocycles. The summed E-state index contributed by atoms with van der Waals surface area (Å²) >= 11 is 0. The fourth-order valence-corrected chi connectivity index (χ4v) is 3.35. The number of piperidine rings is 1. The molecule has 0 N–H and O–H groups in total. The van der Waals surface area contributed by atoms with Crippen LogP contribution in [0.2, 0.25) is 0 Å². The van der Waals surface area contributed by atoms with Crippen molar-refractivity contribution in [3.63, 3.8) is 0 Å². The molecule has 0 spiro atoms. The van der Waals surface area contributed by atoms with Crippen LogP contribution in [-0.4, -0.2) is 25.8 Å². The van der Waals surface area contributed by atoms with E-state index in [4.69, 9.17) is 10.1 Å². The van der Waals surface area contributed by atoms with Gasteiger partial charge in [0.1, 0.15) is 0 Å². The molecule has 2 heterocycles. The summed E-state index contributed by atoms with van der Waals surface area (Å²) in [5.74, 6) is 1.49. The van der Waals surface area contributed by atoms with Crippen molar-refractivity contribution in [3.8, 4) is 0 Å². The van der Waals surface area contributed by atoms with Gasteiger partial charge in [-0.2, -0.15) is 0 Å². The van der Waals surface area contributed by atoms with Crippen LogP contribution >= 0.6 is 0 Å². The number of benzene rings is 1. The van der Waals surface area contributed by atoms with E-state index >= 15 is 0 Å². The van der Waals surface area contributed by atoms with Crippen LogP contribution in [0.25, 0.3) is 0 Å². The maximum absolute atomic E-state index is 5.46.